The molecule has 6 heteroatoms. The number of aryl methyl sites for hydroxylation is 2. The topological polar surface area (TPSA) is 88.8 Å². The Hall–Kier alpha value is -3.67. The Balaban J connectivity index is 1.67. The Morgan fingerprint density at radius 1 is 0.852 bits per heavy atom. The van der Waals surface area contributed by atoms with Crippen molar-refractivity contribution in [2.75, 3.05) is 16.4 Å². The fourth-order valence-electron chi connectivity index (χ4n) is 2.95. The predicted octanol–water partition coefficient (Wildman–Crippen LogP) is 4.71. The number of nitrogens with zero attached hydrogens (tertiary/aromatic N) is 3. The van der Waals surface area contributed by atoms with E-state index in [0.29, 0.717) is 17.3 Å². The van der Waals surface area contributed by atoms with E-state index in [0.717, 1.165) is 33.5 Å². The van der Waals surface area contributed by atoms with Gasteiger partial charge in [-0.15, -0.1) is 0 Å². The number of hydrogen-bond donors (Lipinski definition) is 3. The molecule has 4 N–H and O–H groups in total. The largest absolute Gasteiger partial charge is 0.393 e. The van der Waals surface area contributed by atoms with Gasteiger partial charge >= 0.3 is 0 Å². The van der Waals surface area contributed by atoms with E-state index in [1.165, 1.54) is 6.33 Å². The smallest absolute Gasteiger partial charge is 0.159 e. The van der Waals surface area contributed by atoms with Crippen LogP contribution < -0.4 is 16.4 Å². The summed E-state index contributed by atoms with van der Waals surface area (Å²) in [5.41, 5.74) is 11.7. The van der Waals surface area contributed by atoms with Crippen LogP contribution in [0.5, 0.6) is 0 Å². The number of aromatic nitrogens is 3. The van der Waals surface area contributed by atoms with E-state index in [9.17, 15) is 0 Å². The van der Waals surface area contributed by atoms with Crippen molar-refractivity contribution in [3.05, 3.63) is 72.2 Å². The van der Waals surface area contributed by atoms with Crippen molar-refractivity contribution < 1.29 is 0 Å². The summed E-state index contributed by atoms with van der Waals surface area (Å²) in [6.45, 7) is 4.02. The quantitative estimate of drug-likeness (QED) is 0.491. The summed E-state index contributed by atoms with van der Waals surface area (Å²) in [6.07, 6.45) is 1.49. The van der Waals surface area contributed by atoms with Gasteiger partial charge in [-0.1, -0.05) is 18.2 Å². The van der Waals surface area contributed by atoms with Crippen molar-refractivity contribution in [3.8, 4) is 0 Å². The molecule has 0 saturated heterocycles. The van der Waals surface area contributed by atoms with Gasteiger partial charge in [0.05, 0.1) is 5.52 Å². The zero-order chi connectivity index (χ0) is 18.8. The van der Waals surface area contributed by atoms with Gasteiger partial charge in [-0.3, -0.25) is 4.98 Å². The molecule has 4 rings (SSSR count). The molecule has 0 saturated carbocycles. The van der Waals surface area contributed by atoms with Gasteiger partial charge in [0.1, 0.15) is 12.0 Å². The second-order valence-electron chi connectivity index (χ2n) is 6.43. The first kappa shape index (κ1) is 16.8. The minimum atomic E-state index is 0.455. The Labute approximate surface area is 157 Å². The number of nitrogen functional groups attached to an aromatic ring is 1. The summed E-state index contributed by atoms with van der Waals surface area (Å²) in [4.78, 5) is 13.2. The van der Waals surface area contributed by atoms with Gasteiger partial charge in [0.2, 0.25) is 0 Å². The predicted molar refractivity (Wildman–Crippen MR) is 111 cm³/mol. The molecule has 27 heavy (non-hydrogen) atoms. The Kier molecular flexibility index (Phi) is 4.30. The monoisotopic (exact) mass is 356 g/mol. The molecule has 2 aromatic carbocycles. The minimum absolute atomic E-state index is 0.455. The first-order chi connectivity index (χ1) is 13.1. The third-order valence-corrected chi connectivity index (χ3v) is 4.29. The lowest BCUT2D eigenvalue weighted by atomic mass is 10.1. The molecule has 2 aromatic heterocycles. The third kappa shape index (κ3) is 3.50. The van der Waals surface area contributed by atoms with Crippen LogP contribution in [0.1, 0.15) is 11.3 Å². The van der Waals surface area contributed by atoms with Crippen molar-refractivity contribution in [3.63, 3.8) is 0 Å². The molecule has 0 amide bonds. The van der Waals surface area contributed by atoms with Crippen LogP contribution in [0.25, 0.3) is 10.9 Å². The summed E-state index contributed by atoms with van der Waals surface area (Å²) in [5, 5.41) is 7.58. The highest BCUT2D eigenvalue weighted by molar-refractivity contribution is 5.94. The van der Waals surface area contributed by atoms with Crippen LogP contribution in [0, 0.1) is 13.8 Å². The highest BCUT2D eigenvalue weighted by Crippen LogP contribution is 2.31. The number of fused-ring (bicyclic) bond motifs is 1. The van der Waals surface area contributed by atoms with Crippen molar-refractivity contribution in [2.45, 2.75) is 13.8 Å². The molecular weight excluding hydrogens is 336 g/mol. The molecule has 134 valence electrons. The molecule has 0 bridgehead atoms. The lowest BCUT2D eigenvalue weighted by Gasteiger charge is -2.14. The number of pyridine rings is 1. The van der Waals surface area contributed by atoms with Crippen LogP contribution in [0.15, 0.2) is 60.9 Å². The van der Waals surface area contributed by atoms with E-state index in [2.05, 4.69) is 25.6 Å². The minimum Gasteiger partial charge on any atom is -0.393 e. The molecule has 0 aliphatic heterocycles. The highest BCUT2D eigenvalue weighted by Gasteiger charge is 2.10. The van der Waals surface area contributed by atoms with Crippen LogP contribution in [0.4, 0.5) is 28.7 Å². The van der Waals surface area contributed by atoms with Crippen molar-refractivity contribution in [2.24, 2.45) is 0 Å². The van der Waals surface area contributed by atoms with E-state index in [1.54, 1.807) is 0 Å². The standard InChI is InChI=1S/C21H20N6/c1-13-5-3-6-15(11-13)26-20-19(22)21(24-12-23-20)27-18-8-4-7-17-16(18)10-9-14(2)25-17/h3-12H,22H2,1-2H3,(H2,23,24,26,27). The zero-order valence-corrected chi connectivity index (χ0v) is 15.2. The van der Waals surface area contributed by atoms with Crippen LogP contribution in [0.3, 0.4) is 0 Å². The van der Waals surface area contributed by atoms with E-state index in [4.69, 9.17) is 5.73 Å². The lowest BCUT2D eigenvalue weighted by molar-refractivity contribution is 1.17. The van der Waals surface area contributed by atoms with Crippen LogP contribution in [0.2, 0.25) is 0 Å². The molecule has 0 aliphatic rings. The second kappa shape index (κ2) is 6.92. The third-order valence-electron chi connectivity index (χ3n) is 4.29. The highest BCUT2D eigenvalue weighted by atomic mass is 15.1. The van der Waals surface area contributed by atoms with Gasteiger partial charge in [0, 0.05) is 22.5 Å². The molecular formula is C21H20N6. The first-order valence-electron chi connectivity index (χ1n) is 8.68. The van der Waals surface area contributed by atoms with Crippen LogP contribution in [-0.4, -0.2) is 15.0 Å². The zero-order valence-electron chi connectivity index (χ0n) is 15.2. The molecule has 4 aromatic rings. The van der Waals surface area contributed by atoms with E-state index >= 15 is 0 Å². The average Bonchev–Trinajstić information content (AvgIpc) is 2.65. The molecule has 0 aliphatic carbocycles. The Morgan fingerprint density at radius 2 is 1.63 bits per heavy atom. The molecule has 0 unspecified atom stereocenters. The first-order valence-corrected chi connectivity index (χ1v) is 8.68. The number of nitrogens with one attached hydrogen (secondary N) is 2. The number of hydrogen-bond acceptors (Lipinski definition) is 6. The van der Waals surface area contributed by atoms with Crippen molar-refractivity contribution >= 4 is 39.6 Å². The Morgan fingerprint density at radius 3 is 2.44 bits per heavy atom. The van der Waals surface area contributed by atoms with E-state index < -0.39 is 0 Å². The molecule has 0 spiro atoms. The number of anilines is 5. The number of nitrogens with two attached hydrogens (primary N) is 1. The van der Waals surface area contributed by atoms with Gasteiger partial charge in [0.25, 0.3) is 0 Å². The summed E-state index contributed by atoms with van der Waals surface area (Å²) in [5.74, 6) is 1.11. The van der Waals surface area contributed by atoms with Crippen molar-refractivity contribution in [1.82, 2.24) is 15.0 Å². The summed E-state index contributed by atoms with van der Waals surface area (Å²) >= 11 is 0. The fourth-order valence-corrected chi connectivity index (χ4v) is 2.95. The second-order valence-corrected chi connectivity index (χ2v) is 6.43. The Bertz CT molecular complexity index is 1120. The summed E-state index contributed by atoms with van der Waals surface area (Å²) in [6, 6.07) is 18.0. The molecule has 0 radical (unpaired) electrons. The van der Waals surface area contributed by atoms with Crippen LogP contribution in [-0.2, 0) is 0 Å². The molecule has 0 atom stereocenters. The van der Waals surface area contributed by atoms with Crippen LogP contribution >= 0.6 is 0 Å². The van der Waals surface area contributed by atoms with Gasteiger partial charge in [-0.25, -0.2) is 9.97 Å². The molecule has 6 nitrogen and oxygen atoms in total. The van der Waals surface area contributed by atoms with E-state index in [1.807, 2.05) is 68.4 Å². The summed E-state index contributed by atoms with van der Waals surface area (Å²) < 4.78 is 0. The maximum atomic E-state index is 6.32. The number of benzene rings is 2. The molecule has 0 fully saturated rings. The lowest BCUT2D eigenvalue weighted by Crippen LogP contribution is -2.05. The normalized spacial score (nSPS) is 10.7. The SMILES string of the molecule is Cc1cccc(Nc2ncnc(Nc3cccc4nc(C)ccc34)c2N)c1. The van der Waals surface area contributed by atoms with Gasteiger partial charge in [0.15, 0.2) is 11.6 Å². The fraction of sp³-hybridized carbons (Fsp3) is 0.0952. The maximum Gasteiger partial charge on any atom is 0.159 e. The molecule has 2 heterocycles. The van der Waals surface area contributed by atoms with Gasteiger partial charge in [-0.05, 0) is 55.8 Å². The van der Waals surface area contributed by atoms with Crippen molar-refractivity contribution in [1.29, 1.82) is 0 Å². The maximum absolute atomic E-state index is 6.32. The average molecular weight is 356 g/mol. The van der Waals surface area contributed by atoms with Gasteiger partial charge in [-0.2, -0.15) is 0 Å². The summed E-state index contributed by atoms with van der Waals surface area (Å²) in [7, 11) is 0. The van der Waals surface area contributed by atoms with Gasteiger partial charge < -0.3 is 16.4 Å². The number of rotatable bonds is 4. The van der Waals surface area contributed by atoms with E-state index in [-0.39, 0.29) is 0 Å².